The Kier molecular flexibility index (Phi) is 3.76. The van der Waals surface area contributed by atoms with Crippen LogP contribution in [0.1, 0.15) is 32.0 Å². The fourth-order valence-corrected chi connectivity index (χ4v) is 1.95. The van der Waals surface area contributed by atoms with Gasteiger partial charge in [0.2, 0.25) is 11.3 Å². The number of hydrogen-bond acceptors (Lipinski definition) is 4. The lowest BCUT2D eigenvalue weighted by Gasteiger charge is -2.18. The summed E-state index contributed by atoms with van der Waals surface area (Å²) < 4.78 is 5.23. The van der Waals surface area contributed by atoms with Gasteiger partial charge in [-0.05, 0) is 6.92 Å². The van der Waals surface area contributed by atoms with Crippen molar-refractivity contribution in [2.24, 2.45) is 5.41 Å². The molecule has 0 aromatic carbocycles. The third-order valence-electron chi connectivity index (χ3n) is 3.26. The van der Waals surface area contributed by atoms with E-state index in [1.165, 1.54) is 7.11 Å². The molecular weight excluding hydrogens is 272 g/mol. The zero-order valence-electron chi connectivity index (χ0n) is 12.9. The van der Waals surface area contributed by atoms with Crippen LogP contribution < -0.4 is 15.5 Å². The summed E-state index contributed by atoms with van der Waals surface area (Å²) in [6.07, 6.45) is 0. The quantitative estimate of drug-likeness (QED) is 0.792. The summed E-state index contributed by atoms with van der Waals surface area (Å²) in [5.74, 6) is 0.202. The first kappa shape index (κ1) is 15.1. The highest BCUT2D eigenvalue weighted by molar-refractivity contribution is 5.82. The van der Waals surface area contributed by atoms with E-state index in [2.05, 4.69) is 20.5 Å². The standard InChI is InChI=1S/C14H20N4O3/c1-7-9-10(18-17-7)11(19)8(12(16-9)21-5)6-15-13(20)14(2,3)4/h6H2,1-5H3,(H,15,20)(H,16,19)(H,17,18). The largest absolute Gasteiger partial charge is 0.482 e. The molecule has 114 valence electrons. The first-order chi connectivity index (χ1) is 9.75. The van der Waals surface area contributed by atoms with E-state index >= 15 is 0 Å². The van der Waals surface area contributed by atoms with Crippen LogP contribution >= 0.6 is 0 Å². The lowest BCUT2D eigenvalue weighted by molar-refractivity contribution is -0.128. The summed E-state index contributed by atoms with van der Waals surface area (Å²) in [6, 6.07) is 0. The molecule has 0 radical (unpaired) electrons. The SMILES string of the molecule is COc1[nH]c2c(C)[nH]nc2c(=O)c1CNC(=O)C(C)(C)C. The summed E-state index contributed by atoms with van der Waals surface area (Å²) in [5, 5.41) is 9.50. The number of nitrogens with one attached hydrogen (secondary N) is 3. The van der Waals surface area contributed by atoms with Crippen LogP contribution in [0.4, 0.5) is 0 Å². The minimum atomic E-state index is -0.521. The zero-order valence-corrected chi connectivity index (χ0v) is 12.9. The molecule has 2 aromatic rings. The van der Waals surface area contributed by atoms with Crippen LogP contribution in [0.25, 0.3) is 11.0 Å². The topological polar surface area (TPSA) is 99.9 Å². The molecule has 0 saturated carbocycles. The molecule has 0 fully saturated rings. The van der Waals surface area contributed by atoms with Crippen LogP contribution in [0.5, 0.6) is 5.88 Å². The van der Waals surface area contributed by atoms with Crippen LogP contribution in [0.3, 0.4) is 0 Å². The molecule has 0 aliphatic carbocycles. The molecule has 2 rings (SSSR count). The smallest absolute Gasteiger partial charge is 0.225 e. The number of nitrogens with zero attached hydrogens (tertiary/aromatic N) is 1. The van der Waals surface area contributed by atoms with E-state index in [1.54, 1.807) is 0 Å². The van der Waals surface area contributed by atoms with Gasteiger partial charge in [0.1, 0.15) is 0 Å². The molecule has 7 nitrogen and oxygen atoms in total. The van der Waals surface area contributed by atoms with Crippen molar-refractivity contribution in [1.29, 1.82) is 0 Å². The number of pyridine rings is 1. The van der Waals surface area contributed by atoms with Gasteiger partial charge in [-0.1, -0.05) is 20.8 Å². The number of hydrogen-bond donors (Lipinski definition) is 3. The third kappa shape index (κ3) is 2.76. The van der Waals surface area contributed by atoms with Gasteiger partial charge in [0, 0.05) is 5.41 Å². The second kappa shape index (κ2) is 5.23. The molecular formula is C14H20N4O3. The summed E-state index contributed by atoms with van der Waals surface area (Å²) >= 11 is 0. The van der Waals surface area contributed by atoms with Crippen LogP contribution in [-0.4, -0.2) is 28.2 Å². The van der Waals surface area contributed by atoms with Crippen LogP contribution in [0.15, 0.2) is 4.79 Å². The average Bonchev–Trinajstić information content (AvgIpc) is 2.78. The molecule has 0 unspecified atom stereocenters. The minimum Gasteiger partial charge on any atom is -0.482 e. The van der Waals surface area contributed by atoms with Crippen molar-refractivity contribution >= 4 is 16.9 Å². The Bertz CT molecular complexity index is 737. The average molecular weight is 292 g/mol. The Balaban J connectivity index is 2.41. The lowest BCUT2D eigenvalue weighted by atomic mass is 9.95. The number of aromatic nitrogens is 3. The fourth-order valence-electron chi connectivity index (χ4n) is 1.95. The minimum absolute atomic E-state index is 0.0937. The van der Waals surface area contributed by atoms with Crippen molar-refractivity contribution in [3.8, 4) is 5.88 Å². The van der Waals surface area contributed by atoms with Gasteiger partial charge in [-0.15, -0.1) is 0 Å². The van der Waals surface area contributed by atoms with E-state index in [-0.39, 0.29) is 17.9 Å². The summed E-state index contributed by atoms with van der Waals surface area (Å²) in [4.78, 5) is 27.4. The van der Waals surface area contributed by atoms with Gasteiger partial charge >= 0.3 is 0 Å². The second-order valence-corrected chi connectivity index (χ2v) is 5.97. The van der Waals surface area contributed by atoms with Crippen LogP contribution in [0.2, 0.25) is 0 Å². The zero-order chi connectivity index (χ0) is 15.8. The highest BCUT2D eigenvalue weighted by atomic mass is 16.5. The molecule has 0 saturated heterocycles. The number of carbonyl (C=O) groups is 1. The molecule has 7 heteroatoms. The van der Waals surface area contributed by atoms with Crippen LogP contribution in [-0.2, 0) is 11.3 Å². The van der Waals surface area contributed by atoms with Gasteiger partial charge in [-0.25, -0.2) is 0 Å². The molecule has 0 spiro atoms. The highest BCUT2D eigenvalue weighted by Crippen LogP contribution is 2.19. The lowest BCUT2D eigenvalue weighted by Crippen LogP contribution is -2.35. The van der Waals surface area contributed by atoms with Gasteiger partial charge in [0.25, 0.3) is 0 Å². The number of carbonyl (C=O) groups excluding carboxylic acids is 1. The maximum Gasteiger partial charge on any atom is 0.225 e. The van der Waals surface area contributed by atoms with E-state index in [0.29, 0.717) is 22.5 Å². The first-order valence-electron chi connectivity index (χ1n) is 6.67. The van der Waals surface area contributed by atoms with Gasteiger partial charge in [0.15, 0.2) is 11.4 Å². The van der Waals surface area contributed by atoms with Gasteiger partial charge in [-0.3, -0.25) is 14.7 Å². The number of H-pyrrole nitrogens is 2. The Hall–Kier alpha value is -2.31. The molecule has 21 heavy (non-hydrogen) atoms. The molecule has 0 aliphatic rings. The Morgan fingerprint density at radius 3 is 2.62 bits per heavy atom. The molecule has 2 heterocycles. The molecule has 1 amide bonds. The molecule has 0 aliphatic heterocycles. The van der Waals surface area contributed by atoms with Gasteiger partial charge < -0.3 is 15.0 Å². The number of methoxy groups -OCH3 is 1. The third-order valence-corrected chi connectivity index (χ3v) is 3.26. The Morgan fingerprint density at radius 1 is 1.38 bits per heavy atom. The molecule has 3 N–H and O–H groups in total. The van der Waals surface area contributed by atoms with Gasteiger partial charge in [0.05, 0.1) is 30.4 Å². The summed E-state index contributed by atoms with van der Waals surface area (Å²) in [5.41, 5.74) is 1.27. The predicted molar refractivity (Wildman–Crippen MR) is 79.3 cm³/mol. The Morgan fingerprint density at radius 2 is 2.05 bits per heavy atom. The summed E-state index contributed by atoms with van der Waals surface area (Å²) in [7, 11) is 1.47. The van der Waals surface area contributed by atoms with E-state index in [9.17, 15) is 9.59 Å². The van der Waals surface area contributed by atoms with Crippen molar-refractivity contribution in [2.45, 2.75) is 34.2 Å². The van der Waals surface area contributed by atoms with E-state index in [4.69, 9.17) is 4.74 Å². The maximum absolute atomic E-state index is 12.4. The van der Waals surface area contributed by atoms with Gasteiger partial charge in [-0.2, -0.15) is 5.10 Å². The van der Waals surface area contributed by atoms with E-state index in [0.717, 1.165) is 5.69 Å². The predicted octanol–water partition coefficient (Wildman–Crippen LogP) is 1.23. The van der Waals surface area contributed by atoms with Crippen molar-refractivity contribution in [2.75, 3.05) is 7.11 Å². The maximum atomic E-state index is 12.4. The molecule has 2 aromatic heterocycles. The number of amides is 1. The number of fused-ring (bicyclic) bond motifs is 1. The number of ether oxygens (including phenoxy) is 1. The normalized spacial score (nSPS) is 11.7. The fraction of sp³-hybridized carbons (Fsp3) is 0.500. The van der Waals surface area contributed by atoms with E-state index < -0.39 is 5.41 Å². The monoisotopic (exact) mass is 292 g/mol. The number of rotatable bonds is 3. The van der Waals surface area contributed by atoms with Crippen molar-refractivity contribution in [3.05, 3.63) is 21.5 Å². The molecule has 0 atom stereocenters. The van der Waals surface area contributed by atoms with Crippen LogP contribution in [0, 0.1) is 12.3 Å². The van der Waals surface area contributed by atoms with Crippen molar-refractivity contribution < 1.29 is 9.53 Å². The second-order valence-electron chi connectivity index (χ2n) is 5.97. The molecule has 0 bridgehead atoms. The number of aryl methyl sites for hydroxylation is 1. The van der Waals surface area contributed by atoms with Crippen molar-refractivity contribution in [1.82, 2.24) is 20.5 Å². The number of aromatic amines is 2. The van der Waals surface area contributed by atoms with Crippen molar-refractivity contribution in [3.63, 3.8) is 0 Å². The first-order valence-corrected chi connectivity index (χ1v) is 6.67. The highest BCUT2D eigenvalue weighted by Gasteiger charge is 2.22. The Labute approximate surface area is 122 Å². The summed E-state index contributed by atoms with van der Waals surface area (Å²) in [6.45, 7) is 7.33. The van der Waals surface area contributed by atoms with E-state index in [1.807, 2.05) is 27.7 Å².